The molecule has 4 rings (SSSR count). The Morgan fingerprint density at radius 2 is 2.04 bits per heavy atom. The van der Waals surface area contributed by atoms with Crippen molar-refractivity contribution in [1.29, 1.82) is 0 Å². The molecule has 25 heavy (non-hydrogen) atoms. The van der Waals surface area contributed by atoms with Crippen LogP contribution in [0, 0.1) is 0 Å². The van der Waals surface area contributed by atoms with Crippen LogP contribution in [-0.2, 0) is 4.79 Å². The Morgan fingerprint density at radius 1 is 1.16 bits per heavy atom. The predicted molar refractivity (Wildman–Crippen MR) is 101 cm³/mol. The number of nitrogens with zero attached hydrogens (tertiary/aromatic N) is 1. The third-order valence-corrected chi connectivity index (χ3v) is 5.15. The van der Waals surface area contributed by atoms with E-state index in [0.29, 0.717) is 24.1 Å². The van der Waals surface area contributed by atoms with Gasteiger partial charge in [-0.1, -0.05) is 12.1 Å². The summed E-state index contributed by atoms with van der Waals surface area (Å²) in [6.07, 6.45) is 3.22. The molecule has 1 aliphatic heterocycles. The molecule has 3 heterocycles. The van der Waals surface area contributed by atoms with Gasteiger partial charge in [-0.2, -0.15) is 0 Å². The fourth-order valence-electron chi connectivity index (χ4n) is 2.35. The van der Waals surface area contributed by atoms with Gasteiger partial charge in [-0.25, -0.2) is 4.98 Å². The number of hydrogen-bond acceptors (Lipinski definition) is 6. The lowest BCUT2D eigenvalue weighted by Crippen LogP contribution is -2.15. The number of fused-ring (bicyclic) bond motifs is 1. The Balaban J connectivity index is 1.41. The third kappa shape index (κ3) is 3.72. The highest BCUT2D eigenvalue weighted by molar-refractivity contribution is 7.16. The minimum atomic E-state index is -0.220. The van der Waals surface area contributed by atoms with Crippen LogP contribution in [0.15, 0.2) is 47.2 Å². The summed E-state index contributed by atoms with van der Waals surface area (Å²) in [5.41, 5.74) is 1.75. The van der Waals surface area contributed by atoms with Crippen LogP contribution in [0.25, 0.3) is 16.6 Å². The van der Waals surface area contributed by atoms with Crippen molar-refractivity contribution in [2.75, 3.05) is 18.5 Å². The van der Waals surface area contributed by atoms with Crippen LogP contribution < -0.4 is 14.8 Å². The quantitative estimate of drug-likeness (QED) is 0.696. The Labute approximate surface area is 152 Å². The third-order valence-electron chi connectivity index (χ3n) is 3.50. The lowest BCUT2D eigenvalue weighted by molar-refractivity contribution is -0.111. The molecule has 5 nitrogen and oxygen atoms in total. The standard InChI is InChI=1S/C18H14N2O3S2/c21-17(20-18-19-13(11-25-18)16-2-1-9-24-16)6-4-12-3-5-14-15(10-12)23-8-7-22-14/h1-6,9-11H,7-8H2,(H,19,20,21). The predicted octanol–water partition coefficient (Wildman–Crippen LogP) is 4.29. The molecule has 1 amide bonds. The Hall–Kier alpha value is -2.64. The second-order valence-corrected chi connectivity index (χ2v) is 7.05. The van der Waals surface area contributed by atoms with Crippen molar-refractivity contribution < 1.29 is 14.3 Å². The second kappa shape index (κ2) is 7.08. The van der Waals surface area contributed by atoms with E-state index in [9.17, 15) is 4.79 Å². The second-order valence-electron chi connectivity index (χ2n) is 5.24. The van der Waals surface area contributed by atoms with Crippen LogP contribution in [0.5, 0.6) is 11.5 Å². The van der Waals surface area contributed by atoms with E-state index in [1.54, 1.807) is 17.4 Å². The molecule has 0 atom stereocenters. The van der Waals surface area contributed by atoms with E-state index in [1.165, 1.54) is 17.4 Å². The molecular formula is C18H14N2O3S2. The Morgan fingerprint density at radius 3 is 2.88 bits per heavy atom. The van der Waals surface area contributed by atoms with Gasteiger partial charge in [0.2, 0.25) is 5.91 Å². The van der Waals surface area contributed by atoms with Gasteiger partial charge in [-0.05, 0) is 35.2 Å². The van der Waals surface area contributed by atoms with E-state index in [1.807, 2.05) is 41.1 Å². The van der Waals surface area contributed by atoms with Gasteiger partial charge in [0.15, 0.2) is 16.6 Å². The smallest absolute Gasteiger partial charge is 0.250 e. The number of carbonyl (C=O) groups excluding carboxylic acids is 1. The molecule has 0 saturated heterocycles. The zero-order valence-electron chi connectivity index (χ0n) is 13.1. The van der Waals surface area contributed by atoms with Gasteiger partial charge in [0.25, 0.3) is 0 Å². The summed E-state index contributed by atoms with van der Waals surface area (Å²) in [6.45, 7) is 1.10. The number of ether oxygens (including phenoxy) is 2. The first-order chi connectivity index (χ1) is 12.3. The van der Waals surface area contributed by atoms with Gasteiger partial charge in [0.1, 0.15) is 13.2 Å². The Bertz CT molecular complexity index is 916. The number of thiophene rings is 1. The van der Waals surface area contributed by atoms with E-state index in [2.05, 4.69) is 10.3 Å². The zero-order valence-corrected chi connectivity index (χ0v) is 14.7. The van der Waals surface area contributed by atoms with Crippen LogP contribution in [0.4, 0.5) is 5.13 Å². The van der Waals surface area contributed by atoms with E-state index in [0.717, 1.165) is 21.9 Å². The molecule has 1 aliphatic rings. The summed E-state index contributed by atoms with van der Waals surface area (Å²) >= 11 is 3.03. The Kier molecular flexibility index (Phi) is 4.49. The number of benzene rings is 1. The number of nitrogens with one attached hydrogen (secondary N) is 1. The van der Waals surface area contributed by atoms with E-state index in [4.69, 9.17) is 9.47 Å². The van der Waals surface area contributed by atoms with E-state index >= 15 is 0 Å². The summed E-state index contributed by atoms with van der Waals surface area (Å²) in [5, 5.41) is 7.31. The fourth-order valence-corrected chi connectivity index (χ4v) is 3.83. The highest BCUT2D eigenvalue weighted by Gasteiger charge is 2.11. The highest BCUT2D eigenvalue weighted by atomic mass is 32.1. The fraction of sp³-hybridized carbons (Fsp3) is 0.111. The number of rotatable bonds is 4. The molecule has 3 aromatic rings. The van der Waals surface area contributed by atoms with Gasteiger partial charge >= 0.3 is 0 Å². The topological polar surface area (TPSA) is 60.5 Å². The molecule has 0 bridgehead atoms. The molecular weight excluding hydrogens is 356 g/mol. The first-order valence-electron chi connectivity index (χ1n) is 7.66. The lowest BCUT2D eigenvalue weighted by Gasteiger charge is -2.18. The summed E-state index contributed by atoms with van der Waals surface area (Å²) in [4.78, 5) is 17.6. The maximum Gasteiger partial charge on any atom is 0.250 e. The van der Waals surface area contributed by atoms with Crippen molar-refractivity contribution in [2.45, 2.75) is 0 Å². The van der Waals surface area contributed by atoms with E-state index in [-0.39, 0.29) is 5.91 Å². The molecule has 7 heteroatoms. The molecule has 0 aliphatic carbocycles. The maximum atomic E-state index is 12.1. The highest BCUT2D eigenvalue weighted by Crippen LogP contribution is 2.31. The number of carbonyl (C=O) groups is 1. The van der Waals surface area contributed by atoms with Crippen molar-refractivity contribution in [3.05, 3.63) is 52.7 Å². The lowest BCUT2D eigenvalue weighted by atomic mass is 10.2. The monoisotopic (exact) mass is 370 g/mol. The van der Waals surface area contributed by atoms with Gasteiger partial charge in [-0.3, -0.25) is 10.1 Å². The summed E-state index contributed by atoms with van der Waals surface area (Å²) in [6, 6.07) is 9.58. The number of hydrogen-bond donors (Lipinski definition) is 1. The van der Waals surface area contributed by atoms with Crippen molar-refractivity contribution in [3.63, 3.8) is 0 Å². The maximum absolute atomic E-state index is 12.1. The van der Waals surface area contributed by atoms with Gasteiger partial charge in [-0.15, -0.1) is 22.7 Å². The van der Waals surface area contributed by atoms with Crippen LogP contribution in [0.3, 0.4) is 0 Å². The number of thiazole rings is 1. The van der Waals surface area contributed by atoms with Gasteiger partial charge in [0, 0.05) is 11.5 Å². The number of amides is 1. The SMILES string of the molecule is O=C(C=Cc1ccc2c(c1)OCCO2)Nc1nc(-c2cccs2)cs1. The minimum absolute atomic E-state index is 0.220. The normalized spacial score (nSPS) is 13.1. The van der Waals surface area contributed by atoms with Crippen LogP contribution in [0.2, 0.25) is 0 Å². The first kappa shape index (κ1) is 15.9. The van der Waals surface area contributed by atoms with Gasteiger partial charge in [0.05, 0.1) is 10.6 Å². The largest absolute Gasteiger partial charge is 0.486 e. The van der Waals surface area contributed by atoms with Crippen molar-refractivity contribution in [3.8, 4) is 22.1 Å². The molecule has 0 spiro atoms. The summed E-state index contributed by atoms with van der Waals surface area (Å²) < 4.78 is 11.0. The average Bonchev–Trinajstić information content (AvgIpc) is 3.31. The van der Waals surface area contributed by atoms with Crippen LogP contribution in [0.1, 0.15) is 5.56 Å². The van der Waals surface area contributed by atoms with Crippen LogP contribution in [-0.4, -0.2) is 24.1 Å². The van der Waals surface area contributed by atoms with Crippen LogP contribution >= 0.6 is 22.7 Å². The van der Waals surface area contributed by atoms with Crippen molar-refractivity contribution in [2.24, 2.45) is 0 Å². The molecule has 0 fully saturated rings. The average molecular weight is 370 g/mol. The molecule has 126 valence electrons. The molecule has 0 unspecified atom stereocenters. The van der Waals surface area contributed by atoms with Crippen molar-refractivity contribution in [1.82, 2.24) is 4.98 Å². The summed E-state index contributed by atoms with van der Waals surface area (Å²) in [5.74, 6) is 1.22. The van der Waals surface area contributed by atoms with E-state index < -0.39 is 0 Å². The first-order valence-corrected chi connectivity index (χ1v) is 9.42. The summed E-state index contributed by atoms with van der Waals surface area (Å²) in [7, 11) is 0. The number of anilines is 1. The molecule has 2 aromatic heterocycles. The molecule has 0 radical (unpaired) electrons. The minimum Gasteiger partial charge on any atom is -0.486 e. The molecule has 0 saturated carbocycles. The molecule has 1 aromatic carbocycles. The molecule has 1 N–H and O–H groups in total. The zero-order chi connectivity index (χ0) is 17.1. The number of aromatic nitrogens is 1. The van der Waals surface area contributed by atoms with Gasteiger partial charge < -0.3 is 9.47 Å². The van der Waals surface area contributed by atoms with Crippen molar-refractivity contribution >= 4 is 39.8 Å².